The topological polar surface area (TPSA) is 307 Å². The third kappa shape index (κ3) is 12.4. The van der Waals surface area contributed by atoms with E-state index in [2.05, 4.69) is 9.82 Å². The van der Waals surface area contributed by atoms with Crippen LogP contribution in [0, 0.1) is 20.2 Å². The molecule has 0 unspecified atom stereocenters. The molecule has 0 aliphatic rings. The Morgan fingerprint density at radius 1 is 0.736 bits per heavy atom. The van der Waals surface area contributed by atoms with Gasteiger partial charge in [0.2, 0.25) is 16.6 Å². The van der Waals surface area contributed by atoms with E-state index in [1.165, 1.54) is 24.5 Å². The number of primary amides is 2. The molecule has 0 aliphatic carbocycles. The van der Waals surface area contributed by atoms with Gasteiger partial charge in [0, 0.05) is 30.6 Å². The number of pyridine rings is 2. The zero-order chi connectivity index (χ0) is 37.5. The van der Waals surface area contributed by atoms with Gasteiger partial charge in [0.05, 0.1) is 15.9 Å². The van der Waals surface area contributed by atoms with Gasteiger partial charge < -0.3 is 36.6 Å². The van der Waals surface area contributed by atoms with Gasteiger partial charge in [0.15, 0.2) is 22.9 Å². The summed E-state index contributed by atoms with van der Waals surface area (Å²) in [6.45, 7) is 0.356. The van der Waals surface area contributed by atoms with Crippen molar-refractivity contribution >= 4 is 23.2 Å². The lowest BCUT2D eigenvalue weighted by Crippen LogP contribution is -2.28. The van der Waals surface area contributed by atoms with Crippen molar-refractivity contribution in [3.63, 3.8) is 0 Å². The number of nitrogens with two attached hydrogens (primary N) is 4. The maximum absolute atomic E-state index is 11.7. The first-order valence-corrected chi connectivity index (χ1v) is 14.3. The van der Waals surface area contributed by atoms with E-state index in [1.807, 2.05) is 60.7 Å². The molecular formula is C34H38N8O11. The van der Waals surface area contributed by atoms with Crippen molar-refractivity contribution in [2.45, 2.75) is 28.1 Å². The molecule has 2 aromatic heterocycles. The highest BCUT2D eigenvalue weighted by Gasteiger charge is 2.20. The molecule has 5 rings (SSSR count). The molecule has 19 nitrogen and oxygen atoms in total. The second-order valence-electron chi connectivity index (χ2n) is 9.87. The lowest BCUT2D eigenvalue weighted by Gasteiger charge is -2.11. The second-order valence-corrected chi connectivity index (χ2v) is 9.87. The quantitative estimate of drug-likeness (QED) is 0.0740. The van der Waals surface area contributed by atoms with Crippen molar-refractivity contribution in [2.24, 2.45) is 17.4 Å². The first kappa shape index (κ1) is 43.5. The van der Waals surface area contributed by atoms with Crippen molar-refractivity contribution in [1.29, 1.82) is 0 Å². The summed E-state index contributed by atoms with van der Waals surface area (Å²) < 4.78 is 11.7. The zero-order valence-electron chi connectivity index (χ0n) is 26.4. The highest BCUT2D eigenvalue weighted by molar-refractivity contribution is 5.94. The molecule has 2 heterocycles. The smallest absolute Gasteiger partial charge is 0.320 e. The molecular weight excluding hydrogens is 696 g/mol. The molecule has 0 atom stereocenters. The number of rotatable bonds is 11. The summed E-state index contributed by atoms with van der Waals surface area (Å²) in [6, 6.07) is 24.0. The number of hydrogen-bond acceptors (Lipinski definition) is 13. The second kappa shape index (κ2) is 20.9. The Morgan fingerprint density at radius 2 is 1.26 bits per heavy atom. The molecule has 0 saturated heterocycles. The number of nitrogens with one attached hydrogen (secondary N) is 1. The number of nitro benzene ring substituents is 2. The lowest BCUT2D eigenvalue weighted by atomic mass is 10.2. The monoisotopic (exact) mass is 734 g/mol. The summed E-state index contributed by atoms with van der Waals surface area (Å²) in [7, 11) is 0. The molecule has 2 amide bonds. The van der Waals surface area contributed by atoms with Gasteiger partial charge in [-0.1, -0.05) is 75.5 Å². The van der Waals surface area contributed by atoms with E-state index in [-0.39, 0.29) is 62.1 Å². The number of hydrogen-bond donors (Lipinski definition) is 5. The molecule has 0 spiro atoms. The summed E-state index contributed by atoms with van der Waals surface area (Å²) in [4.78, 5) is 71.7. The fraction of sp³-hybridized carbons (Fsp3) is 0.118. The van der Waals surface area contributed by atoms with Gasteiger partial charge in [-0.25, -0.2) is 0 Å². The minimum Gasteiger partial charge on any atom is -0.483 e. The van der Waals surface area contributed by atoms with E-state index in [1.54, 1.807) is 0 Å². The minimum absolute atomic E-state index is 0. The maximum Gasteiger partial charge on any atom is 0.320 e. The standard InChI is InChI=1S/C13H13N3O3.C13H12N2O3.C6H5N3O5.2CH4/c14-13(18)11-12(10(17)6-7-16(11)15)19-8-9-4-2-1-3-5-9;14-13(17)11-12(10(16)6-7-15-11)18-8-9-4-2-1-3-5-9;7-14-6-2-1-4(8(10)11)3-5(6)9(12)13;;/h1-7H,8,15H2,(H2,14,18);1-7H,8H2,(H2,14,17)(H,15,16);1-3H,7H2;2*1H4. The number of H-pyrrole nitrogens is 1. The van der Waals surface area contributed by atoms with E-state index in [0.29, 0.717) is 0 Å². The predicted octanol–water partition coefficient (Wildman–Crippen LogP) is 3.32. The third-order valence-corrected chi connectivity index (χ3v) is 6.41. The highest BCUT2D eigenvalue weighted by Crippen LogP contribution is 2.29. The molecule has 3 aromatic carbocycles. The minimum atomic E-state index is -0.816. The Labute approximate surface area is 301 Å². The van der Waals surface area contributed by atoms with E-state index in [9.17, 15) is 39.4 Å². The first-order chi connectivity index (χ1) is 24.3. The van der Waals surface area contributed by atoms with Gasteiger partial charge in [-0.05, 0) is 17.2 Å². The number of carbonyl (C=O) groups is 2. The third-order valence-electron chi connectivity index (χ3n) is 6.41. The average Bonchev–Trinajstić information content (AvgIpc) is 3.12. The van der Waals surface area contributed by atoms with Crippen LogP contribution in [0.1, 0.15) is 47.0 Å². The number of amides is 2. The Morgan fingerprint density at radius 3 is 1.74 bits per heavy atom. The average molecular weight is 735 g/mol. The van der Waals surface area contributed by atoms with Gasteiger partial charge in [0.25, 0.3) is 17.5 Å². The molecule has 0 saturated carbocycles. The predicted molar refractivity (Wildman–Crippen MR) is 195 cm³/mol. The molecule has 0 bridgehead atoms. The Balaban J connectivity index is 0.000000395. The molecule has 19 heteroatoms. The van der Waals surface area contributed by atoms with Crippen molar-refractivity contribution in [3.05, 3.63) is 167 Å². The summed E-state index contributed by atoms with van der Waals surface area (Å²) in [5.74, 6) is 8.35. The van der Waals surface area contributed by atoms with Crippen molar-refractivity contribution in [2.75, 3.05) is 5.84 Å². The van der Waals surface area contributed by atoms with Crippen molar-refractivity contribution in [1.82, 2.24) is 9.66 Å². The molecule has 53 heavy (non-hydrogen) atoms. The van der Waals surface area contributed by atoms with Gasteiger partial charge in [-0.2, -0.15) is 5.90 Å². The first-order valence-electron chi connectivity index (χ1n) is 14.3. The van der Waals surface area contributed by atoms with Crippen molar-refractivity contribution < 1.29 is 33.7 Å². The van der Waals surface area contributed by atoms with E-state index < -0.39 is 38.5 Å². The molecule has 9 N–H and O–H groups in total. The van der Waals surface area contributed by atoms with E-state index in [4.69, 9.17) is 32.7 Å². The Kier molecular flexibility index (Phi) is 17.1. The van der Waals surface area contributed by atoms with Crippen molar-refractivity contribution in [3.8, 4) is 17.2 Å². The summed E-state index contributed by atoms with van der Waals surface area (Å²) in [6.07, 6.45) is 2.62. The highest BCUT2D eigenvalue weighted by atomic mass is 16.6. The van der Waals surface area contributed by atoms with Gasteiger partial charge >= 0.3 is 5.69 Å². The fourth-order valence-corrected chi connectivity index (χ4v) is 4.02. The normalized spacial score (nSPS) is 9.53. The number of nitro groups is 2. The fourth-order valence-electron chi connectivity index (χ4n) is 4.02. The molecule has 0 fully saturated rings. The number of ether oxygens (including phenoxy) is 2. The lowest BCUT2D eigenvalue weighted by molar-refractivity contribution is -0.394. The number of nitrogens with zero attached hydrogens (tertiary/aromatic N) is 3. The summed E-state index contributed by atoms with van der Waals surface area (Å²) in [5, 5.41) is 20.7. The van der Waals surface area contributed by atoms with E-state index >= 15 is 0 Å². The molecule has 0 aliphatic heterocycles. The summed E-state index contributed by atoms with van der Waals surface area (Å²) in [5.41, 5.74) is 10.2. The number of aromatic nitrogens is 2. The molecule has 280 valence electrons. The van der Waals surface area contributed by atoms with Crippen LogP contribution in [0.25, 0.3) is 0 Å². The van der Waals surface area contributed by atoms with E-state index in [0.717, 1.165) is 34.0 Å². The number of aromatic amines is 1. The number of non-ortho nitro benzene ring substituents is 1. The van der Waals surface area contributed by atoms with Crippen LogP contribution >= 0.6 is 0 Å². The molecule has 5 aromatic rings. The van der Waals surface area contributed by atoms with Crippen LogP contribution in [-0.4, -0.2) is 31.3 Å². The molecule has 0 radical (unpaired) electrons. The van der Waals surface area contributed by atoms with Gasteiger partial charge in [0.1, 0.15) is 13.2 Å². The Hall–Kier alpha value is -7.54. The number of carbonyl (C=O) groups excluding carboxylic acids is 2. The zero-order valence-corrected chi connectivity index (χ0v) is 26.4. The SMILES string of the molecule is C.C.NC(=O)c1[nH]ccc(=O)c1OCc1ccccc1.NC(=O)c1c(OCc2ccccc2)c(=O)ccn1N.NOc1ccc([N+](=O)[O-])cc1[N+](=O)[O-]. The van der Waals surface area contributed by atoms with Crippen LogP contribution in [0.3, 0.4) is 0 Å². The number of nitrogen functional groups attached to an aromatic ring is 1. The number of benzene rings is 3. The van der Waals surface area contributed by atoms with Gasteiger partial charge in [-0.3, -0.25) is 44.1 Å². The largest absolute Gasteiger partial charge is 0.483 e. The van der Waals surface area contributed by atoms with Gasteiger partial charge in [-0.15, -0.1) is 0 Å². The Bertz CT molecular complexity index is 2120. The van der Waals surface area contributed by atoms with Crippen LogP contribution in [0.15, 0.2) is 113 Å². The van der Waals surface area contributed by atoms with Crippen LogP contribution in [0.5, 0.6) is 17.2 Å². The summed E-state index contributed by atoms with van der Waals surface area (Å²) >= 11 is 0. The van der Waals surface area contributed by atoms with Crippen LogP contribution < -0.4 is 48.4 Å². The van der Waals surface area contributed by atoms with Crippen LogP contribution in [0.4, 0.5) is 11.4 Å². The maximum atomic E-state index is 11.7. The van der Waals surface area contributed by atoms with Crippen LogP contribution in [-0.2, 0) is 13.2 Å². The van der Waals surface area contributed by atoms with Crippen LogP contribution in [0.2, 0.25) is 0 Å².